The second-order valence-electron chi connectivity index (χ2n) is 5.05. The first-order valence-electron chi connectivity index (χ1n) is 6.27. The molecular formula is C14H22N2O. The molecule has 1 aromatic rings. The van der Waals surface area contributed by atoms with E-state index in [1.807, 2.05) is 18.2 Å². The lowest BCUT2D eigenvalue weighted by molar-refractivity contribution is 0.300. The summed E-state index contributed by atoms with van der Waals surface area (Å²) in [6, 6.07) is 8.10. The van der Waals surface area contributed by atoms with Gasteiger partial charge in [0.1, 0.15) is 5.75 Å². The Balaban J connectivity index is 1.90. The van der Waals surface area contributed by atoms with Crippen LogP contribution >= 0.6 is 0 Å². The number of hydrogen-bond acceptors (Lipinski definition) is 3. The highest BCUT2D eigenvalue weighted by Crippen LogP contribution is 2.29. The van der Waals surface area contributed by atoms with Crippen LogP contribution in [0.4, 0.5) is 0 Å². The molecule has 2 rings (SSSR count). The van der Waals surface area contributed by atoms with Crippen LogP contribution in [0.5, 0.6) is 5.75 Å². The summed E-state index contributed by atoms with van der Waals surface area (Å²) in [6.07, 6.45) is 2.78. The van der Waals surface area contributed by atoms with Crippen LogP contribution in [0.2, 0.25) is 0 Å². The molecule has 1 aromatic carbocycles. The number of rotatable bonds is 6. The van der Waals surface area contributed by atoms with Crippen molar-refractivity contribution in [2.45, 2.75) is 18.9 Å². The van der Waals surface area contributed by atoms with Crippen molar-refractivity contribution in [1.82, 2.24) is 4.90 Å². The van der Waals surface area contributed by atoms with Gasteiger partial charge in [0.2, 0.25) is 0 Å². The Morgan fingerprint density at radius 2 is 2.24 bits per heavy atom. The van der Waals surface area contributed by atoms with Gasteiger partial charge in [0.15, 0.2) is 0 Å². The van der Waals surface area contributed by atoms with Gasteiger partial charge in [0.25, 0.3) is 0 Å². The fraction of sp³-hybridized carbons (Fsp3) is 0.571. The Hall–Kier alpha value is -1.06. The molecule has 94 valence electrons. The van der Waals surface area contributed by atoms with Crippen LogP contribution in [0.1, 0.15) is 24.4 Å². The summed E-state index contributed by atoms with van der Waals surface area (Å²) < 4.78 is 5.22. The summed E-state index contributed by atoms with van der Waals surface area (Å²) in [5.41, 5.74) is 7.36. The van der Waals surface area contributed by atoms with Crippen LogP contribution in [-0.4, -0.2) is 32.1 Å². The first-order chi connectivity index (χ1) is 8.19. The van der Waals surface area contributed by atoms with Crippen LogP contribution in [0.3, 0.4) is 0 Å². The zero-order chi connectivity index (χ0) is 12.3. The van der Waals surface area contributed by atoms with Gasteiger partial charge >= 0.3 is 0 Å². The van der Waals surface area contributed by atoms with Gasteiger partial charge in [-0.15, -0.1) is 0 Å². The van der Waals surface area contributed by atoms with E-state index in [-0.39, 0.29) is 6.04 Å². The third-order valence-corrected chi connectivity index (χ3v) is 3.30. The van der Waals surface area contributed by atoms with Gasteiger partial charge in [0.05, 0.1) is 7.11 Å². The number of nitrogens with two attached hydrogens (primary N) is 1. The van der Waals surface area contributed by atoms with Crippen LogP contribution in [-0.2, 0) is 0 Å². The second-order valence-corrected chi connectivity index (χ2v) is 5.05. The van der Waals surface area contributed by atoms with Gasteiger partial charge in [-0.05, 0) is 43.5 Å². The molecule has 3 heteroatoms. The maximum atomic E-state index is 6.22. The van der Waals surface area contributed by atoms with Crippen molar-refractivity contribution < 1.29 is 4.74 Å². The normalized spacial score (nSPS) is 17.2. The summed E-state index contributed by atoms with van der Waals surface area (Å²) >= 11 is 0. The first-order valence-corrected chi connectivity index (χ1v) is 6.27. The number of likely N-dealkylation sites (N-methyl/N-ethyl adjacent to an activating group) is 1. The van der Waals surface area contributed by atoms with E-state index in [9.17, 15) is 0 Å². The molecule has 2 N–H and O–H groups in total. The Morgan fingerprint density at radius 3 is 2.88 bits per heavy atom. The molecule has 0 bridgehead atoms. The highest BCUT2D eigenvalue weighted by molar-refractivity contribution is 5.30. The Morgan fingerprint density at radius 1 is 1.47 bits per heavy atom. The summed E-state index contributed by atoms with van der Waals surface area (Å²) in [7, 11) is 3.84. The minimum absolute atomic E-state index is 0.0637. The number of ether oxygens (including phenoxy) is 1. The Bertz CT molecular complexity index is 363. The molecule has 1 aliphatic rings. The van der Waals surface area contributed by atoms with E-state index >= 15 is 0 Å². The van der Waals surface area contributed by atoms with Crippen molar-refractivity contribution in [3.63, 3.8) is 0 Å². The third-order valence-electron chi connectivity index (χ3n) is 3.30. The summed E-state index contributed by atoms with van der Waals surface area (Å²) in [5, 5.41) is 0. The average molecular weight is 234 g/mol. The molecule has 1 aliphatic carbocycles. The van der Waals surface area contributed by atoms with Crippen molar-refractivity contribution in [1.29, 1.82) is 0 Å². The van der Waals surface area contributed by atoms with Gasteiger partial charge in [-0.3, -0.25) is 0 Å². The highest BCUT2D eigenvalue weighted by Gasteiger charge is 2.23. The van der Waals surface area contributed by atoms with E-state index in [2.05, 4.69) is 18.0 Å². The van der Waals surface area contributed by atoms with E-state index in [1.165, 1.54) is 19.4 Å². The molecule has 1 unspecified atom stereocenters. The van der Waals surface area contributed by atoms with Gasteiger partial charge in [-0.2, -0.15) is 0 Å². The summed E-state index contributed by atoms with van der Waals surface area (Å²) in [5.74, 6) is 1.79. The highest BCUT2D eigenvalue weighted by atomic mass is 16.5. The monoisotopic (exact) mass is 234 g/mol. The van der Waals surface area contributed by atoms with Gasteiger partial charge < -0.3 is 15.4 Å². The standard InChI is InChI=1S/C14H22N2O/c1-16(9-11-6-7-11)10-14(15)12-4-3-5-13(8-12)17-2/h3-5,8,11,14H,6-7,9-10,15H2,1-2H3. The topological polar surface area (TPSA) is 38.5 Å². The predicted octanol–water partition coefficient (Wildman–Crippen LogP) is 2.04. The molecule has 17 heavy (non-hydrogen) atoms. The van der Waals surface area contributed by atoms with Crippen LogP contribution in [0, 0.1) is 5.92 Å². The SMILES string of the molecule is COc1cccc(C(N)CN(C)CC2CC2)c1. The fourth-order valence-corrected chi connectivity index (χ4v) is 2.13. The van der Waals surface area contributed by atoms with Crippen LogP contribution < -0.4 is 10.5 Å². The minimum atomic E-state index is 0.0637. The summed E-state index contributed by atoms with van der Waals surface area (Å²) in [6.45, 7) is 2.08. The van der Waals surface area contributed by atoms with Gasteiger partial charge in [0, 0.05) is 19.1 Å². The molecule has 1 atom stereocenters. The molecule has 0 saturated heterocycles. The summed E-state index contributed by atoms with van der Waals surface area (Å²) in [4.78, 5) is 2.34. The lowest BCUT2D eigenvalue weighted by Gasteiger charge is -2.21. The van der Waals surface area contributed by atoms with Crippen LogP contribution in [0.15, 0.2) is 24.3 Å². The molecule has 0 aromatic heterocycles. The number of benzene rings is 1. The van der Waals surface area contributed by atoms with Crippen molar-refractivity contribution >= 4 is 0 Å². The number of methoxy groups -OCH3 is 1. The van der Waals surface area contributed by atoms with E-state index in [0.717, 1.165) is 23.8 Å². The Labute approximate surface area is 104 Å². The molecule has 0 radical (unpaired) electrons. The van der Waals surface area contributed by atoms with Crippen molar-refractivity contribution in [3.8, 4) is 5.75 Å². The number of nitrogens with zero attached hydrogens (tertiary/aromatic N) is 1. The van der Waals surface area contributed by atoms with E-state index in [0.29, 0.717) is 0 Å². The van der Waals surface area contributed by atoms with E-state index in [1.54, 1.807) is 7.11 Å². The molecule has 1 fully saturated rings. The van der Waals surface area contributed by atoms with Crippen molar-refractivity contribution in [3.05, 3.63) is 29.8 Å². The zero-order valence-electron chi connectivity index (χ0n) is 10.7. The molecule has 1 saturated carbocycles. The van der Waals surface area contributed by atoms with Crippen LogP contribution in [0.25, 0.3) is 0 Å². The minimum Gasteiger partial charge on any atom is -0.497 e. The van der Waals surface area contributed by atoms with E-state index < -0.39 is 0 Å². The van der Waals surface area contributed by atoms with Gasteiger partial charge in [-0.25, -0.2) is 0 Å². The lowest BCUT2D eigenvalue weighted by atomic mass is 10.1. The quantitative estimate of drug-likeness (QED) is 0.818. The molecule has 0 aliphatic heterocycles. The average Bonchev–Trinajstić information content (AvgIpc) is 3.12. The van der Waals surface area contributed by atoms with Crippen molar-refractivity contribution in [2.24, 2.45) is 11.7 Å². The number of hydrogen-bond donors (Lipinski definition) is 1. The molecule has 0 spiro atoms. The largest absolute Gasteiger partial charge is 0.497 e. The predicted molar refractivity (Wildman–Crippen MR) is 70.1 cm³/mol. The molecule has 0 heterocycles. The molecule has 0 amide bonds. The molecular weight excluding hydrogens is 212 g/mol. The maximum absolute atomic E-state index is 6.22. The van der Waals surface area contributed by atoms with Crippen molar-refractivity contribution in [2.75, 3.05) is 27.2 Å². The smallest absolute Gasteiger partial charge is 0.119 e. The first kappa shape index (κ1) is 12.4. The lowest BCUT2D eigenvalue weighted by Crippen LogP contribution is -2.30. The molecule has 3 nitrogen and oxygen atoms in total. The third kappa shape index (κ3) is 3.72. The zero-order valence-corrected chi connectivity index (χ0v) is 10.7. The van der Waals surface area contributed by atoms with E-state index in [4.69, 9.17) is 10.5 Å². The maximum Gasteiger partial charge on any atom is 0.119 e. The second kappa shape index (κ2) is 5.52. The van der Waals surface area contributed by atoms with Gasteiger partial charge in [-0.1, -0.05) is 12.1 Å². The fourth-order valence-electron chi connectivity index (χ4n) is 2.13. The Kier molecular flexibility index (Phi) is 4.02.